The van der Waals surface area contributed by atoms with Gasteiger partial charge in [0.1, 0.15) is 5.75 Å². The molecule has 1 atom stereocenters. The van der Waals surface area contributed by atoms with E-state index in [1.165, 1.54) is 17.3 Å². The first-order chi connectivity index (χ1) is 16.1. The number of hydrogen-bond donors (Lipinski definition) is 1. The molecule has 0 saturated heterocycles. The number of nitrogens with one attached hydrogen (secondary N) is 1. The van der Waals surface area contributed by atoms with Crippen molar-refractivity contribution in [3.8, 4) is 17.1 Å². The SMILES string of the molecule is COc1ccc(-c2nnc(SC(C)C(=O)Nc3ccccc3)n2CCc2ccccc2)cc1. The number of para-hydroxylation sites is 1. The van der Waals surface area contributed by atoms with E-state index in [1.54, 1.807) is 7.11 Å². The van der Waals surface area contributed by atoms with E-state index in [-0.39, 0.29) is 11.2 Å². The Morgan fingerprint density at radius 1 is 0.970 bits per heavy atom. The molecule has 0 spiro atoms. The third-order valence-electron chi connectivity index (χ3n) is 5.22. The van der Waals surface area contributed by atoms with Crippen molar-refractivity contribution in [3.05, 3.63) is 90.5 Å². The van der Waals surface area contributed by atoms with Crippen molar-refractivity contribution >= 4 is 23.4 Å². The highest BCUT2D eigenvalue weighted by atomic mass is 32.2. The van der Waals surface area contributed by atoms with Gasteiger partial charge in [0, 0.05) is 17.8 Å². The molecule has 0 aliphatic carbocycles. The van der Waals surface area contributed by atoms with Crippen molar-refractivity contribution in [2.24, 2.45) is 0 Å². The number of aromatic nitrogens is 3. The molecule has 0 aliphatic rings. The lowest BCUT2D eigenvalue weighted by molar-refractivity contribution is -0.115. The average molecular weight is 459 g/mol. The van der Waals surface area contributed by atoms with Crippen molar-refractivity contribution in [1.29, 1.82) is 0 Å². The summed E-state index contributed by atoms with van der Waals surface area (Å²) in [5.41, 5.74) is 2.96. The Balaban J connectivity index is 1.56. The number of carbonyl (C=O) groups is 1. The Morgan fingerprint density at radius 3 is 2.30 bits per heavy atom. The summed E-state index contributed by atoms with van der Waals surface area (Å²) in [4.78, 5) is 12.8. The molecule has 7 heteroatoms. The fourth-order valence-corrected chi connectivity index (χ4v) is 4.27. The van der Waals surface area contributed by atoms with Gasteiger partial charge in [-0.2, -0.15) is 0 Å². The number of rotatable bonds is 9. The molecule has 0 aliphatic heterocycles. The van der Waals surface area contributed by atoms with Crippen LogP contribution in [0.5, 0.6) is 5.75 Å². The van der Waals surface area contributed by atoms with Crippen LogP contribution in [-0.2, 0) is 17.8 Å². The molecule has 4 rings (SSSR count). The number of benzene rings is 3. The molecule has 0 saturated carbocycles. The Labute approximate surface area is 198 Å². The van der Waals surface area contributed by atoms with E-state index in [4.69, 9.17) is 4.74 Å². The molecular formula is C26H26N4O2S. The summed E-state index contributed by atoms with van der Waals surface area (Å²) in [5.74, 6) is 1.48. The molecule has 0 bridgehead atoms. The number of ether oxygens (including phenoxy) is 1. The van der Waals surface area contributed by atoms with Gasteiger partial charge in [-0.3, -0.25) is 4.79 Å². The van der Waals surface area contributed by atoms with Gasteiger partial charge in [-0.25, -0.2) is 0 Å². The van der Waals surface area contributed by atoms with Gasteiger partial charge in [0.05, 0.1) is 12.4 Å². The van der Waals surface area contributed by atoms with Gasteiger partial charge in [-0.15, -0.1) is 10.2 Å². The summed E-state index contributed by atoms with van der Waals surface area (Å²) < 4.78 is 7.37. The Bertz CT molecular complexity index is 1180. The van der Waals surface area contributed by atoms with Crippen molar-refractivity contribution in [2.75, 3.05) is 12.4 Å². The van der Waals surface area contributed by atoms with E-state index in [0.29, 0.717) is 11.7 Å². The van der Waals surface area contributed by atoms with E-state index >= 15 is 0 Å². The van der Waals surface area contributed by atoms with Crippen molar-refractivity contribution in [3.63, 3.8) is 0 Å². The second-order valence-corrected chi connectivity index (χ2v) is 8.85. The normalized spacial score (nSPS) is 11.7. The summed E-state index contributed by atoms with van der Waals surface area (Å²) in [5, 5.41) is 12.2. The molecule has 3 aromatic carbocycles. The van der Waals surface area contributed by atoms with Gasteiger partial charge in [0.2, 0.25) is 5.91 Å². The second kappa shape index (κ2) is 10.8. The van der Waals surface area contributed by atoms with Gasteiger partial charge in [-0.05, 0) is 55.3 Å². The molecular weight excluding hydrogens is 432 g/mol. The van der Waals surface area contributed by atoms with Crippen LogP contribution in [0.3, 0.4) is 0 Å². The zero-order valence-corrected chi connectivity index (χ0v) is 19.5. The summed E-state index contributed by atoms with van der Waals surface area (Å²) in [6, 6.07) is 27.5. The third kappa shape index (κ3) is 5.81. The van der Waals surface area contributed by atoms with Crippen LogP contribution in [0.1, 0.15) is 12.5 Å². The van der Waals surface area contributed by atoms with Crippen LogP contribution in [0.25, 0.3) is 11.4 Å². The zero-order valence-electron chi connectivity index (χ0n) is 18.6. The van der Waals surface area contributed by atoms with Crippen LogP contribution in [0.4, 0.5) is 5.69 Å². The number of aryl methyl sites for hydroxylation is 1. The smallest absolute Gasteiger partial charge is 0.237 e. The van der Waals surface area contributed by atoms with Crippen molar-refractivity contribution in [2.45, 2.75) is 30.3 Å². The van der Waals surface area contributed by atoms with E-state index in [1.807, 2.05) is 79.7 Å². The maximum Gasteiger partial charge on any atom is 0.237 e. The topological polar surface area (TPSA) is 69.0 Å². The lowest BCUT2D eigenvalue weighted by atomic mass is 10.1. The molecule has 168 valence electrons. The molecule has 6 nitrogen and oxygen atoms in total. The van der Waals surface area contributed by atoms with Gasteiger partial charge < -0.3 is 14.6 Å². The predicted octanol–water partition coefficient (Wildman–Crippen LogP) is 5.32. The largest absolute Gasteiger partial charge is 0.497 e. The van der Waals surface area contributed by atoms with Crippen molar-refractivity contribution < 1.29 is 9.53 Å². The fraction of sp³-hybridized carbons (Fsp3) is 0.192. The minimum Gasteiger partial charge on any atom is -0.497 e. The molecule has 1 amide bonds. The number of anilines is 1. The second-order valence-electron chi connectivity index (χ2n) is 7.54. The minimum atomic E-state index is -0.339. The van der Waals surface area contributed by atoms with Crippen LogP contribution in [0.15, 0.2) is 90.1 Å². The summed E-state index contributed by atoms with van der Waals surface area (Å²) in [6.45, 7) is 2.58. The summed E-state index contributed by atoms with van der Waals surface area (Å²) in [6.07, 6.45) is 0.834. The van der Waals surface area contributed by atoms with E-state index in [0.717, 1.165) is 29.2 Å². The highest BCUT2D eigenvalue weighted by molar-refractivity contribution is 8.00. The standard InChI is InChI=1S/C26H26N4O2S/c1-19(25(31)27-22-11-7-4-8-12-22)33-26-29-28-24(21-13-15-23(32-2)16-14-21)30(26)18-17-20-9-5-3-6-10-20/h3-16,19H,17-18H2,1-2H3,(H,27,31). The number of nitrogens with zero attached hydrogens (tertiary/aromatic N) is 3. The number of amides is 1. The minimum absolute atomic E-state index is 0.0743. The third-order valence-corrected chi connectivity index (χ3v) is 6.31. The predicted molar refractivity (Wildman–Crippen MR) is 133 cm³/mol. The van der Waals surface area contributed by atoms with Gasteiger partial charge in [-0.1, -0.05) is 60.3 Å². The lowest BCUT2D eigenvalue weighted by Gasteiger charge is -2.14. The summed E-state index contributed by atoms with van der Waals surface area (Å²) in [7, 11) is 1.65. The Hall–Kier alpha value is -3.58. The molecule has 1 aromatic heterocycles. The van der Waals surface area contributed by atoms with Crippen LogP contribution in [-0.4, -0.2) is 33.0 Å². The fourth-order valence-electron chi connectivity index (χ4n) is 3.39. The molecule has 1 N–H and O–H groups in total. The average Bonchev–Trinajstić information content (AvgIpc) is 3.26. The number of carbonyl (C=O) groups excluding carboxylic acids is 1. The highest BCUT2D eigenvalue weighted by Crippen LogP contribution is 2.29. The van der Waals surface area contributed by atoms with Crippen LogP contribution in [0, 0.1) is 0 Å². The Morgan fingerprint density at radius 2 is 1.64 bits per heavy atom. The van der Waals surface area contributed by atoms with Gasteiger partial charge in [0.15, 0.2) is 11.0 Å². The molecule has 0 fully saturated rings. The van der Waals surface area contributed by atoms with E-state index in [9.17, 15) is 4.79 Å². The van der Waals surface area contributed by atoms with E-state index in [2.05, 4.69) is 32.2 Å². The van der Waals surface area contributed by atoms with Crippen LogP contribution >= 0.6 is 11.8 Å². The van der Waals surface area contributed by atoms with Gasteiger partial charge >= 0.3 is 0 Å². The number of thioether (sulfide) groups is 1. The van der Waals surface area contributed by atoms with Gasteiger partial charge in [0.25, 0.3) is 0 Å². The van der Waals surface area contributed by atoms with Crippen LogP contribution in [0.2, 0.25) is 0 Å². The monoisotopic (exact) mass is 458 g/mol. The first-order valence-corrected chi connectivity index (χ1v) is 11.7. The molecule has 33 heavy (non-hydrogen) atoms. The molecule has 4 aromatic rings. The maximum absolute atomic E-state index is 12.8. The van der Waals surface area contributed by atoms with Crippen molar-refractivity contribution in [1.82, 2.24) is 14.8 Å². The highest BCUT2D eigenvalue weighted by Gasteiger charge is 2.21. The quantitative estimate of drug-likeness (QED) is 0.344. The molecule has 0 radical (unpaired) electrons. The zero-order chi connectivity index (χ0) is 23.0. The number of methoxy groups -OCH3 is 1. The number of hydrogen-bond acceptors (Lipinski definition) is 5. The first-order valence-electron chi connectivity index (χ1n) is 10.8. The molecule has 1 heterocycles. The first kappa shape index (κ1) is 22.6. The van der Waals surface area contributed by atoms with Crippen LogP contribution < -0.4 is 10.1 Å². The maximum atomic E-state index is 12.8. The molecule has 1 unspecified atom stereocenters. The Kier molecular flexibility index (Phi) is 7.42. The lowest BCUT2D eigenvalue weighted by Crippen LogP contribution is -2.23. The van der Waals surface area contributed by atoms with E-state index < -0.39 is 0 Å². The summed E-state index contributed by atoms with van der Waals surface area (Å²) >= 11 is 1.41.